The van der Waals surface area contributed by atoms with E-state index in [-0.39, 0.29) is 0 Å². The SMILES string of the molecule is CNCC1CN(C)CC(C)N1c1ccc(Br)c(C)c1. The van der Waals surface area contributed by atoms with Crippen molar-refractivity contribution in [1.82, 2.24) is 10.2 Å². The van der Waals surface area contributed by atoms with Crippen LogP contribution in [0.4, 0.5) is 5.69 Å². The van der Waals surface area contributed by atoms with Gasteiger partial charge in [-0.3, -0.25) is 0 Å². The lowest BCUT2D eigenvalue weighted by atomic mass is 10.0. The number of halogens is 1. The highest BCUT2D eigenvalue weighted by Gasteiger charge is 2.30. The molecule has 1 fully saturated rings. The van der Waals surface area contributed by atoms with E-state index < -0.39 is 0 Å². The molecular weight excluding hydrogens is 302 g/mol. The van der Waals surface area contributed by atoms with Gasteiger partial charge in [0.05, 0.1) is 6.04 Å². The second-order valence-electron chi connectivity index (χ2n) is 5.62. The van der Waals surface area contributed by atoms with Crippen molar-refractivity contribution in [3.63, 3.8) is 0 Å². The summed E-state index contributed by atoms with van der Waals surface area (Å²) in [6, 6.07) is 7.74. The molecule has 2 unspecified atom stereocenters. The topological polar surface area (TPSA) is 18.5 Å². The maximum atomic E-state index is 3.58. The fraction of sp³-hybridized carbons (Fsp3) is 0.600. The van der Waals surface area contributed by atoms with Crippen LogP contribution < -0.4 is 10.2 Å². The van der Waals surface area contributed by atoms with Gasteiger partial charge in [0.2, 0.25) is 0 Å². The van der Waals surface area contributed by atoms with Crippen molar-refractivity contribution in [1.29, 1.82) is 0 Å². The molecule has 2 atom stereocenters. The molecule has 0 aromatic heterocycles. The molecule has 1 N–H and O–H groups in total. The Bertz CT molecular complexity index is 435. The predicted molar refractivity (Wildman–Crippen MR) is 86.0 cm³/mol. The smallest absolute Gasteiger partial charge is 0.0544 e. The van der Waals surface area contributed by atoms with E-state index in [1.807, 2.05) is 7.05 Å². The van der Waals surface area contributed by atoms with Gasteiger partial charge < -0.3 is 15.1 Å². The summed E-state index contributed by atoms with van der Waals surface area (Å²) in [5.74, 6) is 0. The summed E-state index contributed by atoms with van der Waals surface area (Å²) in [4.78, 5) is 4.99. The van der Waals surface area contributed by atoms with E-state index in [0.29, 0.717) is 12.1 Å². The number of hydrogen-bond acceptors (Lipinski definition) is 3. The Morgan fingerprint density at radius 1 is 1.37 bits per heavy atom. The Balaban J connectivity index is 2.29. The lowest BCUT2D eigenvalue weighted by Gasteiger charge is -2.46. The van der Waals surface area contributed by atoms with Gasteiger partial charge in [-0.25, -0.2) is 0 Å². The number of rotatable bonds is 3. The molecule has 2 rings (SSSR count). The van der Waals surface area contributed by atoms with Crippen molar-refractivity contribution < 1.29 is 0 Å². The van der Waals surface area contributed by atoms with E-state index in [0.717, 1.165) is 19.6 Å². The molecule has 19 heavy (non-hydrogen) atoms. The molecule has 1 aliphatic heterocycles. The zero-order chi connectivity index (χ0) is 14.0. The first-order valence-corrected chi connectivity index (χ1v) is 7.70. The first kappa shape index (κ1) is 14.8. The quantitative estimate of drug-likeness (QED) is 0.921. The third kappa shape index (κ3) is 3.30. The molecule has 1 aromatic rings. The highest BCUT2D eigenvalue weighted by molar-refractivity contribution is 9.10. The summed E-state index contributed by atoms with van der Waals surface area (Å²) in [5, 5.41) is 3.33. The van der Waals surface area contributed by atoms with Crippen LogP contribution in [0.5, 0.6) is 0 Å². The third-order valence-electron chi connectivity index (χ3n) is 3.85. The largest absolute Gasteiger partial charge is 0.362 e. The molecule has 1 aliphatic rings. The molecule has 1 aromatic carbocycles. The second-order valence-corrected chi connectivity index (χ2v) is 6.48. The summed E-state index contributed by atoms with van der Waals surface area (Å²) < 4.78 is 1.18. The zero-order valence-electron chi connectivity index (χ0n) is 12.3. The Kier molecular flexibility index (Phi) is 4.87. The average Bonchev–Trinajstić information content (AvgIpc) is 2.33. The second kappa shape index (κ2) is 6.25. The normalized spacial score (nSPS) is 24.8. The number of nitrogens with one attached hydrogen (secondary N) is 1. The Hall–Kier alpha value is -0.580. The predicted octanol–water partition coefficient (Wildman–Crippen LogP) is 2.49. The van der Waals surface area contributed by atoms with Gasteiger partial charge in [-0.2, -0.15) is 0 Å². The van der Waals surface area contributed by atoms with E-state index >= 15 is 0 Å². The van der Waals surface area contributed by atoms with Crippen LogP contribution in [0.3, 0.4) is 0 Å². The molecule has 106 valence electrons. The van der Waals surface area contributed by atoms with Crippen LogP contribution in [0.15, 0.2) is 22.7 Å². The van der Waals surface area contributed by atoms with Gasteiger partial charge in [0.1, 0.15) is 0 Å². The maximum Gasteiger partial charge on any atom is 0.0544 e. The number of hydrogen-bond donors (Lipinski definition) is 1. The molecule has 0 radical (unpaired) electrons. The monoisotopic (exact) mass is 325 g/mol. The van der Waals surface area contributed by atoms with Gasteiger partial charge in [-0.05, 0) is 51.7 Å². The van der Waals surface area contributed by atoms with Crippen LogP contribution >= 0.6 is 15.9 Å². The minimum atomic E-state index is 0.527. The fourth-order valence-corrected chi connectivity index (χ4v) is 3.32. The Labute approximate surface area is 125 Å². The number of aryl methyl sites for hydroxylation is 1. The summed E-state index contributed by atoms with van der Waals surface area (Å²) in [6.45, 7) is 7.72. The number of nitrogens with zero attached hydrogens (tertiary/aromatic N) is 2. The van der Waals surface area contributed by atoms with E-state index in [9.17, 15) is 0 Å². The van der Waals surface area contributed by atoms with E-state index in [2.05, 4.69) is 70.1 Å². The first-order chi connectivity index (χ1) is 9.02. The zero-order valence-corrected chi connectivity index (χ0v) is 13.9. The molecule has 0 amide bonds. The first-order valence-electron chi connectivity index (χ1n) is 6.90. The maximum absolute atomic E-state index is 3.58. The van der Waals surface area contributed by atoms with Gasteiger partial charge in [0.25, 0.3) is 0 Å². The van der Waals surface area contributed by atoms with Crippen LogP contribution in [-0.2, 0) is 0 Å². The van der Waals surface area contributed by atoms with Crippen molar-refractivity contribution in [3.05, 3.63) is 28.2 Å². The summed E-state index contributed by atoms with van der Waals surface area (Å²) in [5.41, 5.74) is 2.63. The molecule has 0 aliphatic carbocycles. The van der Waals surface area contributed by atoms with Crippen molar-refractivity contribution >= 4 is 21.6 Å². The van der Waals surface area contributed by atoms with Crippen molar-refractivity contribution in [3.8, 4) is 0 Å². The summed E-state index contributed by atoms with van der Waals surface area (Å²) in [6.07, 6.45) is 0. The average molecular weight is 326 g/mol. The lowest BCUT2D eigenvalue weighted by Crippen LogP contribution is -2.59. The Morgan fingerprint density at radius 3 is 2.74 bits per heavy atom. The summed E-state index contributed by atoms with van der Waals surface area (Å²) in [7, 11) is 4.24. The van der Waals surface area contributed by atoms with E-state index in [1.54, 1.807) is 0 Å². The Morgan fingerprint density at radius 2 is 2.11 bits per heavy atom. The molecule has 0 spiro atoms. The van der Waals surface area contributed by atoms with Gasteiger partial charge in [-0.1, -0.05) is 15.9 Å². The highest BCUT2D eigenvalue weighted by Crippen LogP contribution is 2.28. The molecule has 3 nitrogen and oxygen atoms in total. The van der Waals surface area contributed by atoms with E-state index in [4.69, 9.17) is 0 Å². The van der Waals surface area contributed by atoms with E-state index in [1.165, 1.54) is 15.7 Å². The van der Waals surface area contributed by atoms with Crippen LogP contribution in [0, 0.1) is 6.92 Å². The molecule has 4 heteroatoms. The molecule has 1 saturated heterocycles. The number of likely N-dealkylation sites (N-methyl/N-ethyl adjacent to an activating group) is 2. The van der Waals surface area contributed by atoms with Crippen molar-refractivity contribution in [2.75, 3.05) is 38.6 Å². The van der Waals surface area contributed by atoms with Gasteiger partial charge in [0, 0.05) is 35.8 Å². The molecule has 0 saturated carbocycles. The number of anilines is 1. The molecule has 1 heterocycles. The van der Waals surface area contributed by atoms with Gasteiger partial charge in [-0.15, -0.1) is 0 Å². The number of benzene rings is 1. The van der Waals surface area contributed by atoms with Gasteiger partial charge in [0.15, 0.2) is 0 Å². The van der Waals surface area contributed by atoms with Gasteiger partial charge >= 0.3 is 0 Å². The molecular formula is C15H24BrN3. The van der Waals surface area contributed by atoms with Crippen LogP contribution in [0.25, 0.3) is 0 Å². The van der Waals surface area contributed by atoms with Crippen molar-refractivity contribution in [2.45, 2.75) is 25.9 Å². The minimum Gasteiger partial charge on any atom is -0.362 e. The standard InChI is InChI=1S/C15H24BrN3/c1-11-7-13(5-6-15(11)16)19-12(2)9-18(4)10-14(19)8-17-3/h5-7,12,14,17H,8-10H2,1-4H3. The summed E-state index contributed by atoms with van der Waals surface area (Å²) >= 11 is 3.58. The molecule has 0 bridgehead atoms. The van der Waals surface area contributed by atoms with Crippen LogP contribution in [0.1, 0.15) is 12.5 Å². The van der Waals surface area contributed by atoms with Crippen LogP contribution in [-0.4, -0.2) is 50.7 Å². The van der Waals surface area contributed by atoms with Crippen LogP contribution in [0.2, 0.25) is 0 Å². The third-order valence-corrected chi connectivity index (χ3v) is 4.74. The number of piperazine rings is 1. The minimum absolute atomic E-state index is 0.527. The highest BCUT2D eigenvalue weighted by atomic mass is 79.9. The lowest BCUT2D eigenvalue weighted by molar-refractivity contribution is 0.230. The van der Waals surface area contributed by atoms with Crippen molar-refractivity contribution in [2.24, 2.45) is 0 Å². The fourth-order valence-electron chi connectivity index (χ4n) is 3.07.